The Kier molecular flexibility index (Phi) is 13.1. The first-order chi connectivity index (χ1) is 42.0. The maximum absolute atomic E-state index is 9.46. The Labute approximate surface area is 530 Å². The molecule has 0 unspecified atom stereocenters. The van der Waals surface area contributed by atoms with E-state index in [0.717, 1.165) is 85.3 Å². The van der Waals surface area contributed by atoms with Crippen molar-refractivity contribution in [3.8, 4) is 50.7 Å². The number of pyridine rings is 1. The molecule has 438 valence electrons. The molecule has 5 nitrogen and oxygen atoms in total. The molecule has 0 N–H and O–H groups in total. The van der Waals surface area contributed by atoms with Gasteiger partial charge in [-0.25, -0.2) is 4.98 Å². The Morgan fingerprint density at radius 3 is 1.75 bits per heavy atom. The van der Waals surface area contributed by atoms with Crippen molar-refractivity contribution in [2.45, 2.75) is 163 Å². The molecule has 0 radical (unpaired) electrons. The fourth-order valence-electron chi connectivity index (χ4n) is 12.4. The van der Waals surface area contributed by atoms with E-state index in [-0.39, 0.29) is 72.0 Å². The third-order valence-corrected chi connectivity index (χ3v) is 17.7. The van der Waals surface area contributed by atoms with Gasteiger partial charge in [-0.2, -0.15) is 12.1 Å². The van der Waals surface area contributed by atoms with Crippen LogP contribution in [0.2, 0.25) is 0 Å². The average molecular weight is 1310 g/mol. The molecule has 0 bridgehead atoms. The van der Waals surface area contributed by atoms with Crippen molar-refractivity contribution in [3.05, 3.63) is 222 Å². The molecule has 0 spiro atoms. The van der Waals surface area contributed by atoms with Crippen molar-refractivity contribution in [1.29, 1.82) is 0 Å². The minimum Gasteiger partial charge on any atom is -0.509 e. The number of aromatic nitrogens is 2. The molecule has 0 atom stereocenters. The first-order valence-electron chi connectivity index (χ1n) is 32.8. The number of nitrogens with zero attached hydrogens (tertiary/aromatic N) is 4. The summed E-state index contributed by atoms with van der Waals surface area (Å²) in [4.78, 5) is 9.68. The normalized spacial score (nSPS) is 16.2. The van der Waals surface area contributed by atoms with E-state index in [1.54, 1.807) is 12.3 Å². The van der Waals surface area contributed by atoms with Crippen molar-refractivity contribution in [2.75, 3.05) is 9.80 Å². The maximum Gasteiger partial charge on any atom is 0.135 e. The summed E-state index contributed by atoms with van der Waals surface area (Å²) in [5, 5.41) is 1.81. The number of hydrogen-bond acceptors (Lipinski definition) is 4. The molecule has 1 aliphatic carbocycles. The molecule has 0 saturated heterocycles. The molecule has 10 aromatic rings. The van der Waals surface area contributed by atoms with Gasteiger partial charge in [-0.1, -0.05) is 207 Å². The number of anilines is 4. The van der Waals surface area contributed by atoms with Crippen LogP contribution >= 0.6 is 0 Å². The molecule has 85 heavy (non-hydrogen) atoms. The summed E-state index contributed by atoms with van der Waals surface area (Å²) in [5.74, 6) is 1.25. The molecule has 0 fully saturated rings. The quantitative estimate of drug-likeness (QED) is 0.142. The Bertz CT molecular complexity index is 4450. The third-order valence-electron chi connectivity index (χ3n) is 17.7. The fraction of sp³-hybridized carbons (Fsp3) is 0.316. The smallest absolute Gasteiger partial charge is 0.135 e. The summed E-state index contributed by atoms with van der Waals surface area (Å²) < 4.78 is 64.0. The minimum absolute atomic E-state index is 0. The molecule has 6 heteroatoms. The zero-order valence-electron chi connectivity index (χ0n) is 58.4. The van der Waals surface area contributed by atoms with Crippen molar-refractivity contribution in [3.63, 3.8) is 0 Å². The van der Waals surface area contributed by atoms with Crippen LogP contribution in [0.1, 0.15) is 171 Å². The van der Waals surface area contributed by atoms with Crippen LogP contribution in [-0.4, -0.2) is 9.55 Å². The number of ether oxygens (including phenoxy) is 1. The molecule has 2 aromatic heterocycles. The Balaban J connectivity index is 0.00000850. The van der Waals surface area contributed by atoms with Crippen molar-refractivity contribution < 1.29 is 34.0 Å². The summed E-state index contributed by atoms with van der Waals surface area (Å²) >= 11 is 0. The second-order valence-electron chi connectivity index (χ2n) is 28.9. The number of rotatable bonds is 8. The second-order valence-corrected chi connectivity index (χ2v) is 28.9. The van der Waals surface area contributed by atoms with Gasteiger partial charge in [0, 0.05) is 82.1 Å². The summed E-state index contributed by atoms with van der Waals surface area (Å²) in [5.41, 5.74) is 15.3. The largest absolute Gasteiger partial charge is 0.509 e. The van der Waals surface area contributed by atoms with Crippen molar-refractivity contribution in [2.24, 2.45) is 0 Å². The van der Waals surface area contributed by atoms with E-state index in [0.29, 0.717) is 34.0 Å². The van der Waals surface area contributed by atoms with E-state index in [1.807, 2.05) is 28.8 Å². The summed E-state index contributed by atoms with van der Waals surface area (Å²) in [7, 11) is 0. The molecular weight excluding hydrogens is 1220 g/mol. The number of fused-ring (bicyclic) bond motifs is 5. The van der Waals surface area contributed by atoms with E-state index in [4.69, 9.17) is 15.2 Å². The zero-order valence-corrected chi connectivity index (χ0v) is 54.6. The molecule has 0 amide bonds. The van der Waals surface area contributed by atoms with Gasteiger partial charge in [0.25, 0.3) is 0 Å². The van der Waals surface area contributed by atoms with Gasteiger partial charge in [-0.15, -0.1) is 48.1 Å². The third kappa shape index (κ3) is 11.0. The van der Waals surface area contributed by atoms with Crippen molar-refractivity contribution >= 4 is 44.6 Å². The van der Waals surface area contributed by atoms with Crippen LogP contribution in [0.5, 0.6) is 11.5 Å². The molecule has 2 aliphatic rings. The van der Waals surface area contributed by atoms with Gasteiger partial charge in [0.1, 0.15) is 5.82 Å². The van der Waals surface area contributed by atoms with Crippen LogP contribution in [0.4, 0.5) is 22.7 Å². The van der Waals surface area contributed by atoms with Crippen LogP contribution in [-0.2, 0) is 53.6 Å². The Morgan fingerprint density at radius 1 is 0.553 bits per heavy atom. The maximum atomic E-state index is 9.46. The molecule has 3 heterocycles. The summed E-state index contributed by atoms with van der Waals surface area (Å²) in [6.07, 6.45) is 3.13. The van der Waals surface area contributed by atoms with Gasteiger partial charge < -0.3 is 19.1 Å². The van der Waals surface area contributed by atoms with Crippen LogP contribution < -0.4 is 14.5 Å². The van der Waals surface area contributed by atoms with Crippen LogP contribution in [0, 0.1) is 25.7 Å². The van der Waals surface area contributed by atoms with E-state index < -0.39 is 17.7 Å². The first kappa shape index (κ1) is 52.2. The van der Waals surface area contributed by atoms with E-state index >= 15 is 0 Å². The van der Waals surface area contributed by atoms with Crippen LogP contribution in [0.25, 0.3) is 61.0 Å². The fourth-order valence-corrected chi connectivity index (χ4v) is 12.4. The van der Waals surface area contributed by atoms with Gasteiger partial charge in [-0.3, -0.25) is 0 Å². The zero-order chi connectivity index (χ0) is 64.7. The van der Waals surface area contributed by atoms with Gasteiger partial charge in [-0.05, 0) is 150 Å². The van der Waals surface area contributed by atoms with E-state index in [9.17, 15) is 2.74 Å². The summed E-state index contributed by atoms with van der Waals surface area (Å²) in [6, 6.07) is 56.2. The van der Waals surface area contributed by atoms with Gasteiger partial charge in [0.2, 0.25) is 0 Å². The van der Waals surface area contributed by atoms with Gasteiger partial charge in [0.15, 0.2) is 0 Å². The number of benzene rings is 8. The number of aryl methyl sites for hydroxylation is 1. The molecule has 8 aromatic carbocycles. The van der Waals surface area contributed by atoms with E-state index in [2.05, 4.69) is 249 Å². The summed E-state index contributed by atoms with van der Waals surface area (Å²) in [6.45, 7) is 34.9. The Hall–Kier alpha value is -7.20. The molecular formula is C79H83N4OPt-3. The topological polar surface area (TPSA) is 33.5 Å². The van der Waals surface area contributed by atoms with Crippen molar-refractivity contribution in [1.82, 2.24) is 9.55 Å². The minimum atomic E-state index is -2.65. The number of hydrogen-bond donors (Lipinski definition) is 0. The van der Waals surface area contributed by atoms with Gasteiger partial charge in [0.05, 0.1) is 4.11 Å². The molecule has 12 rings (SSSR count). The van der Waals surface area contributed by atoms with Crippen LogP contribution in [0.15, 0.2) is 164 Å². The average Bonchev–Trinajstić information content (AvgIpc) is 1.10. The molecule has 0 saturated carbocycles. The SMILES string of the molecule is [2H]c1c([2H])c(-c2cnc(-n3c4[c-]c(Oc5[c-]c(N6[CH-]N(c7c(-c8cccc(C(C)(C)C)c8)cc(C(C)(C)C)cc7-c7cccc(C(C)(C)C)c7)c7ccccc76)ccc5)ccc4c4ccc(C(C)(C)C)cc43)cc2C([2H])([2H])[2H])c2c(c1[2H])C(C)(C)CCC2(C)C.[Pt]. The standard InChI is InChI=1S/C79H83N4O.Pt/c1-50-40-71(80-48-65(50)62-30-23-31-66-72(62)79(16,17)39-38-78(66,14)15)83-69-45-55(76(8,9)10)34-36-60(69)61-37-35-59(47-70(61)83)84-58-29-22-28-57(46-58)81-49-82(68-33-19-18-32-67(68)81)73-63(51-24-20-26-53(41-51)74(2,3)4)43-56(77(11,12)13)44-64(73)52-25-21-27-54(42-52)75(5,6)7;/h18-37,40-45,48-49H,38-39H2,1-17H3;/q-3;/i1D3,23D,30D,31D;. The second kappa shape index (κ2) is 21.3. The Morgan fingerprint density at radius 2 is 1.13 bits per heavy atom. The van der Waals surface area contributed by atoms with E-state index in [1.165, 1.54) is 16.7 Å². The van der Waals surface area contributed by atoms with Crippen LogP contribution in [0.3, 0.4) is 0 Å². The molecule has 1 aliphatic heterocycles. The predicted octanol–water partition coefficient (Wildman–Crippen LogP) is 21.8. The predicted molar refractivity (Wildman–Crippen MR) is 355 cm³/mol. The number of para-hydroxylation sites is 2. The monoisotopic (exact) mass is 1300 g/mol. The van der Waals surface area contributed by atoms with Gasteiger partial charge >= 0.3 is 0 Å². The first-order valence-corrected chi connectivity index (χ1v) is 29.8.